The largest absolute Gasteiger partial charge is 0.481 e. The fourth-order valence-corrected chi connectivity index (χ4v) is 2.83. The Morgan fingerprint density at radius 2 is 2.20 bits per heavy atom. The molecule has 0 aromatic heterocycles. The van der Waals surface area contributed by atoms with Crippen LogP contribution in [0.1, 0.15) is 12.0 Å². The standard InChI is InChI=1S/C12H11BrN2O5/c1-6-2-8(13)10(4-9(6)15(19)20)14-5-7(12(17)18)3-11(14)16/h2,4,7H,3,5H2,1H3,(H,17,18). The molecule has 1 fully saturated rings. The number of benzene rings is 1. The van der Waals surface area contributed by atoms with Crippen molar-refractivity contribution >= 4 is 39.2 Å². The van der Waals surface area contributed by atoms with Gasteiger partial charge in [-0.1, -0.05) is 0 Å². The highest BCUT2D eigenvalue weighted by Crippen LogP contribution is 2.36. The SMILES string of the molecule is Cc1cc(Br)c(N2CC(C(=O)O)CC2=O)cc1[N+](=O)[O-]. The molecule has 7 nitrogen and oxygen atoms in total. The van der Waals surface area contributed by atoms with E-state index in [4.69, 9.17) is 5.11 Å². The van der Waals surface area contributed by atoms with Crippen LogP contribution in [0.2, 0.25) is 0 Å². The number of aliphatic carboxylic acids is 1. The van der Waals surface area contributed by atoms with E-state index >= 15 is 0 Å². The summed E-state index contributed by atoms with van der Waals surface area (Å²) in [5, 5.41) is 19.9. The molecule has 0 radical (unpaired) electrons. The number of nitrogens with zero attached hydrogens (tertiary/aromatic N) is 2. The molecule has 20 heavy (non-hydrogen) atoms. The van der Waals surface area contributed by atoms with Crippen LogP contribution in [0.4, 0.5) is 11.4 Å². The molecule has 1 aliphatic heterocycles. The van der Waals surface area contributed by atoms with Gasteiger partial charge in [-0.3, -0.25) is 19.7 Å². The minimum absolute atomic E-state index is 0.0208. The second-order valence-electron chi connectivity index (χ2n) is 4.59. The predicted octanol–water partition coefficient (Wildman–Crippen LogP) is 2.10. The third-order valence-corrected chi connectivity index (χ3v) is 3.86. The smallest absolute Gasteiger partial charge is 0.308 e. The molecule has 1 aliphatic rings. The maximum Gasteiger partial charge on any atom is 0.308 e. The molecule has 0 saturated carbocycles. The van der Waals surface area contributed by atoms with Crippen LogP contribution in [0, 0.1) is 23.0 Å². The topological polar surface area (TPSA) is 101 Å². The van der Waals surface area contributed by atoms with E-state index in [2.05, 4.69) is 15.9 Å². The Balaban J connectivity index is 2.43. The van der Waals surface area contributed by atoms with Crippen molar-refractivity contribution in [1.29, 1.82) is 0 Å². The molecule has 1 unspecified atom stereocenters. The number of halogens is 1. The summed E-state index contributed by atoms with van der Waals surface area (Å²) in [7, 11) is 0. The van der Waals surface area contributed by atoms with Crippen molar-refractivity contribution in [3.05, 3.63) is 32.3 Å². The number of amides is 1. The van der Waals surface area contributed by atoms with Crippen LogP contribution in [0.15, 0.2) is 16.6 Å². The fourth-order valence-electron chi connectivity index (χ4n) is 2.16. The third-order valence-electron chi connectivity index (χ3n) is 3.23. The molecule has 8 heteroatoms. The summed E-state index contributed by atoms with van der Waals surface area (Å²) >= 11 is 3.26. The van der Waals surface area contributed by atoms with Crippen molar-refractivity contribution in [2.24, 2.45) is 5.92 Å². The van der Waals surface area contributed by atoms with Gasteiger partial charge < -0.3 is 10.0 Å². The van der Waals surface area contributed by atoms with Crippen molar-refractivity contribution in [2.75, 3.05) is 11.4 Å². The van der Waals surface area contributed by atoms with E-state index < -0.39 is 16.8 Å². The van der Waals surface area contributed by atoms with Gasteiger partial charge in [-0.2, -0.15) is 0 Å². The maximum atomic E-state index is 11.9. The average Bonchev–Trinajstić information content (AvgIpc) is 2.71. The number of carboxylic acids is 1. The molecule has 0 aliphatic carbocycles. The van der Waals surface area contributed by atoms with Gasteiger partial charge in [-0.15, -0.1) is 0 Å². The number of carboxylic acid groups (broad SMARTS) is 1. The van der Waals surface area contributed by atoms with E-state index in [1.54, 1.807) is 13.0 Å². The number of nitro benzene ring substituents is 1. The lowest BCUT2D eigenvalue weighted by molar-refractivity contribution is -0.385. The molecular weight excluding hydrogens is 332 g/mol. The molecule has 106 valence electrons. The molecule has 1 N–H and O–H groups in total. The molecule has 1 aromatic rings. The summed E-state index contributed by atoms with van der Waals surface area (Å²) in [6.07, 6.45) is -0.0938. The lowest BCUT2D eigenvalue weighted by atomic mass is 10.1. The number of carbonyl (C=O) groups is 2. The molecule has 0 spiro atoms. The van der Waals surface area contributed by atoms with Gasteiger partial charge in [0.25, 0.3) is 5.69 Å². The predicted molar refractivity (Wildman–Crippen MR) is 73.6 cm³/mol. The molecule has 1 amide bonds. The maximum absolute atomic E-state index is 11.9. The molecule has 0 bridgehead atoms. The van der Waals surface area contributed by atoms with Gasteiger partial charge in [0, 0.05) is 29.1 Å². The second-order valence-corrected chi connectivity index (χ2v) is 5.45. The van der Waals surface area contributed by atoms with Gasteiger partial charge in [0.1, 0.15) is 0 Å². The molecule has 1 saturated heterocycles. The quantitative estimate of drug-likeness (QED) is 0.669. The first-order chi connectivity index (χ1) is 9.31. The van der Waals surface area contributed by atoms with Crippen LogP contribution in [0.5, 0.6) is 0 Å². The normalized spacial score (nSPS) is 18.4. The number of carbonyl (C=O) groups excluding carboxylic acids is 1. The van der Waals surface area contributed by atoms with Crippen molar-refractivity contribution in [3.63, 3.8) is 0 Å². The Bertz CT molecular complexity index is 616. The molecule has 2 rings (SSSR count). The zero-order valence-corrected chi connectivity index (χ0v) is 12.1. The van der Waals surface area contributed by atoms with E-state index in [0.717, 1.165) is 0 Å². The lowest BCUT2D eigenvalue weighted by Crippen LogP contribution is -2.26. The van der Waals surface area contributed by atoms with E-state index in [0.29, 0.717) is 15.7 Å². The van der Waals surface area contributed by atoms with E-state index in [1.165, 1.54) is 11.0 Å². The lowest BCUT2D eigenvalue weighted by Gasteiger charge is -2.18. The summed E-state index contributed by atoms with van der Waals surface area (Å²) in [4.78, 5) is 34.5. The third kappa shape index (κ3) is 2.51. The van der Waals surface area contributed by atoms with Gasteiger partial charge in [0.15, 0.2) is 0 Å². The second kappa shape index (κ2) is 5.20. The first kappa shape index (κ1) is 14.4. The van der Waals surface area contributed by atoms with Crippen molar-refractivity contribution < 1.29 is 19.6 Å². The van der Waals surface area contributed by atoms with E-state index in [9.17, 15) is 19.7 Å². The first-order valence-electron chi connectivity index (χ1n) is 5.79. The zero-order chi connectivity index (χ0) is 15.0. The minimum Gasteiger partial charge on any atom is -0.481 e. The number of aryl methyl sites for hydroxylation is 1. The molecule has 1 atom stereocenters. The molecule has 1 aromatic carbocycles. The number of rotatable bonds is 3. The van der Waals surface area contributed by atoms with E-state index in [1.807, 2.05) is 0 Å². The van der Waals surface area contributed by atoms with Crippen molar-refractivity contribution in [3.8, 4) is 0 Å². The highest BCUT2D eigenvalue weighted by molar-refractivity contribution is 9.10. The summed E-state index contributed by atoms with van der Waals surface area (Å²) in [6.45, 7) is 1.62. The fraction of sp³-hybridized carbons (Fsp3) is 0.333. The zero-order valence-electron chi connectivity index (χ0n) is 10.5. The van der Waals surface area contributed by atoms with Crippen LogP contribution < -0.4 is 4.90 Å². The van der Waals surface area contributed by atoms with Crippen LogP contribution >= 0.6 is 15.9 Å². The highest BCUT2D eigenvalue weighted by atomic mass is 79.9. The van der Waals surface area contributed by atoms with Gasteiger partial charge in [-0.05, 0) is 28.9 Å². The first-order valence-corrected chi connectivity index (χ1v) is 6.58. The Hall–Kier alpha value is -1.96. The van der Waals surface area contributed by atoms with Crippen LogP contribution in [0.25, 0.3) is 0 Å². The Labute approximate surface area is 122 Å². The van der Waals surface area contributed by atoms with Crippen molar-refractivity contribution in [1.82, 2.24) is 0 Å². The van der Waals surface area contributed by atoms with Crippen molar-refractivity contribution in [2.45, 2.75) is 13.3 Å². The average molecular weight is 343 g/mol. The highest BCUT2D eigenvalue weighted by Gasteiger charge is 2.36. The summed E-state index contributed by atoms with van der Waals surface area (Å²) in [6, 6.07) is 2.84. The van der Waals surface area contributed by atoms with Crippen LogP contribution in [0.3, 0.4) is 0 Å². The Morgan fingerprint density at radius 1 is 1.55 bits per heavy atom. The van der Waals surface area contributed by atoms with Crippen LogP contribution in [-0.2, 0) is 9.59 Å². The number of hydrogen-bond acceptors (Lipinski definition) is 4. The molecular formula is C12H11BrN2O5. The van der Waals surface area contributed by atoms with Gasteiger partial charge in [0.2, 0.25) is 5.91 Å². The number of anilines is 1. The van der Waals surface area contributed by atoms with E-state index in [-0.39, 0.29) is 24.6 Å². The Kier molecular flexibility index (Phi) is 3.76. The number of hydrogen-bond donors (Lipinski definition) is 1. The minimum atomic E-state index is -1.04. The number of nitro groups is 1. The van der Waals surface area contributed by atoms with Gasteiger partial charge in [-0.25, -0.2) is 0 Å². The summed E-state index contributed by atoms with van der Waals surface area (Å²) in [5.41, 5.74) is 0.692. The van der Waals surface area contributed by atoms with Gasteiger partial charge in [0.05, 0.1) is 16.5 Å². The van der Waals surface area contributed by atoms with Gasteiger partial charge >= 0.3 is 5.97 Å². The Morgan fingerprint density at radius 3 is 2.70 bits per heavy atom. The summed E-state index contributed by atoms with van der Waals surface area (Å²) < 4.78 is 0.528. The van der Waals surface area contributed by atoms with Crippen LogP contribution in [-0.4, -0.2) is 28.5 Å². The molecule has 1 heterocycles. The monoisotopic (exact) mass is 342 g/mol. The summed E-state index contributed by atoms with van der Waals surface area (Å²) in [5.74, 6) is -2.18.